The summed E-state index contributed by atoms with van der Waals surface area (Å²) >= 11 is 11.4. The summed E-state index contributed by atoms with van der Waals surface area (Å²) in [6, 6.07) is 3.09. The van der Waals surface area contributed by atoms with E-state index in [-0.39, 0.29) is 6.04 Å². The van der Waals surface area contributed by atoms with Crippen molar-refractivity contribution < 1.29 is 0 Å². The second kappa shape index (κ2) is 4.05. The summed E-state index contributed by atoms with van der Waals surface area (Å²) in [4.78, 5) is 3.84. The van der Waals surface area contributed by atoms with E-state index in [1.54, 1.807) is 12.1 Å². The largest absolute Gasteiger partial charge is 0.329 e. The van der Waals surface area contributed by atoms with Crippen LogP contribution < -0.4 is 11.5 Å². The smallest absolute Gasteiger partial charge is 0.135 e. The van der Waals surface area contributed by atoms with Crippen LogP contribution in [-0.2, 0) is 0 Å². The fourth-order valence-corrected chi connectivity index (χ4v) is 1.31. The lowest BCUT2D eigenvalue weighted by molar-refractivity contribution is 0.733. The van der Waals surface area contributed by atoms with Crippen LogP contribution in [0.25, 0.3) is 0 Å². The zero-order valence-corrected chi connectivity index (χ0v) is 7.81. The van der Waals surface area contributed by atoms with Crippen LogP contribution in [0.2, 0.25) is 10.3 Å². The van der Waals surface area contributed by atoms with Crippen LogP contribution in [0.5, 0.6) is 0 Å². The van der Waals surface area contributed by atoms with Gasteiger partial charge in [-0.05, 0) is 6.07 Å². The number of rotatable bonds is 2. The lowest BCUT2D eigenvalue weighted by atomic mass is 10.1. The van der Waals surface area contributed by atoms with Crippen LogP contribution in [0.1, 0.15) is 11.6 Å². The second-order valence-electron chi connectivity index (χ2n) is 2.36. The Kier molecular flexibility index (Phi) is 3.29. The maximum absolute atomic E-state index is 5.77. The minimum Gasteiger partial charge on any atom is -0.329 e. The van der Waals surface area contributed by atoms with E-state index in [0.29, 0.717) is 16.9 Å². The van der Waals surface area contributed by atoms with E-state index in [9.17, 15) is 0 Å². The molecule has 0 spiro atoms. The normalized spacial score (nSPS) is 13.0. The predicted molar refractivity (Wildman–Crippen MR) is 50.2 cm³/mol. The van der Waals surface area contributed by atoms with E-state index >= 15 is 0 Å². The molecule has 0 amide bonds. The van der Waals surface area contributed by atoms with Gasteiger partial charge in [-0.25, -0.2) is 4.98 Å². The lowest BCUT2D eigenvalue weighted by Gasteiger charge is -2.09. The van der Waals surface area contributed by atoms with E-state index in [4.69, 9.17) is 34.7 Å². The molecule has 1 heterocycles. The molecular weight excluding hydrogens is 197 g/mol. The molecule has 0 unspecified atom stereocenters. The summed E-state index contributed by atoms with van der Waals surface area (Å²) in [5, 5.41) is 0.674. The zero-order valence-electron chi connectivity index (χ0n) is 6.30. The molecule has 1 aromatic heterocycles. The summed E-state index contributed by atoms with van der Waals surface area (Å²) in [6.07, 6.45) is 0. The quantitative estimate of drug-likeness (QED) is 0.717. The number of pyridine rings is 1. The number of nitrogens with zero attached hydrogens (tertiary/aromatic N) is 1. The zero-order chi connectivity index (χ0) is 9.14. The number of aromatic nitrogens is 1. The molecule has 0 aliphatic heterocycles. The highest BCUT2D eigenvalue weighted by molar-refractivity contribution is 6.32. The molecule has 0 bridgehead atoms. The molecule has 5 heteroatoms. The Balaban J connectivity index is 3.01. The summed E-state index contributed by atoms with van der Waals surface area (Å²) in [5.74, 6) is 0. The van der Waals surface area contributed by atoms with Crippen molar-refractivity contribution in [2.45, 2.75) is 6.04 Å². The summed E-state index contributed by atoms with van der Waals surface area (Å²) in [7, 11) is 0. The number of hydrogen-bond acceptors (Lipinski definition) is 3. The minimum absolute atomic E-state index is 0.276. The van der Waals surface area contributed by atoms with Gasteiger partial charge in [-0.3, -0.25) is 0 Å². The first-order chi connectivity index (χ1) is 5.65. The molecule has 0 fully saturated rings. The topological polar surface area (TPSA) is 64.9 Å². The number of nitrogens with two attached hydrogens (primary N) is 2. The van der Waals surface area contributed by atoms with Crippen LogP contribution in [0.3, 0.4) is 0 Å². The fraction of sp³-hybridized carbons (Fsp3) is 0.286. The van der Waals surface area contributed by atoms with Crippen LogP contribution in [0.4, 0.5) is 0 Å². The molecule has 66 valence electrons. The Bertz CT molecular complexity index is 277. The number of halogens is 2. The first-order valence-corrected chi connectivity index (χ1v) is 4.18. The van der Waals surface area contributed by atoms with E-state index in [2.05, 4.69) is 4.98 Å². The monoisotopic (exact) mass is 205 g/mol. The number of hydrogen-bond donors (Lipinski definition) is 2. The molecule has 1 rings (SSSR count). The van der Waals surface area contributed by atoms with Gasteiger partial charge in [0.1, 0.15) is 10.3 Å². The second-order valence-corrected chi connectivity index (χ2v) is 3.10. The molecule has 4 N–H and O–H groups in total. The lowest BCUT2D eigenvalue weighted by Crippen LogP contribution is -2.21. The SMILES string of the molecule is NC[C@@H](N)c1ccc(Cl)nc1Cl. The van der Waals surface area contributed by atoms with Gasteiger partial charge in [-0.2, -0.15) is 0 Å². The maximum Gasteiger partial charge on any atom is 0.135 e. The Hall–Kier alpha value is -0.350. The third-order valence-electron chi connectivity index (χ3n) is 1.50. The van der Waals surface area contributed by atoms with E-state index in [1.165, 1.54) is 0 Å². The van der Waals surface area contributed by atoms with Gasteiger partial charge in [0, 0.05) is 18.2 Å². The highest BCUT2D eigenvalue weighted by Gasteiger charge is 2.09. The maximum atomic E-state index is 5.77. The predicted octanol–water partition coefficient (Wildman–Crippen LogP) is 1.35. The standard InChI is InChI=1S/C7H9Cl2N3/c8-6-2-1-4(5(11)3-10)7(9)12-6/h1-2,5H,3,10-11H2/t5-/m1/s1. The van der Waals surface area contributed by atoms with Gasteiger partial charge >= 0.3 is 0 Å². The van der Waals surface area contributed by atoms with E-state index in [0.717, 1.165) is 5.56 Å². The van der Waals surface area contributed by atoms with Crippen molar-refractivity contribution in [2.75, 3.05) is 6.54 Å². The van der Waals surface area contributed by atoms with Crippen molar-refractivity contribution in [3.8, 4) is 0 Å². The average molecular weight is 206 g/mol. The Morgan fingerprint density at radius 2 is 2.08 bits per heavy atom. The fourth-order valence-electron chi connectivity index (χ4n) is 0.826. The molecule has 0 aliphatic rings. The minimum atomic E-state index is -0.276. The third kappa shape index (κ3) is 2.08. The van der Waals surface area contributed by atoms with Gasteiger partial charge < -0.3 is 11.5 Å². The van der Waals surface area contributed by atoms with Gasteiger partial charge in [-0.15, -0.1) is 0 Å². The van der Waals surface area contributed by atoms with E-state index < -0.39 is 0 Å². The molecule has 0 saturated carbocycles. The van der Waals surface area contributed by atoms with Gasteiger partial charge in [-0.1, -0.05) is 29.3 Å². The van der Waals surface area contributed by atoms with Crippen molar-refractivity contribution in [3.05, 3.63) is 28.0 Å². The Morgan fingerprint density at radius 1 is 1.42 bits per heavy atom. The molecule has 0 aromatic carbocycles. The molecule has 0 radical (unpaired) electrons. The van der Waals surface area contributed by atoms with Gasteiger partial charge in [0.15, 0.2) is 0 Å². The molecule has 1 atom stereocenters. The van der Waals surface area contributed by atoms with Crippen molar-refractivity contribution >= 4 is 23.2 Å². The van der Waals surface area contributed by atoms with Crippen LogP contribution in [0, 0.1) is 0 Å². The highest BCUT2D eigenvalue weighted by Crippen LogP contribution is 2.20. The molecule has 0 aliphatic carbocycles. The van der Waals surface area contributed by atoms with Crippen molar-refractivity contribution in [1.82, 2.24) is 4.98 Å². The average Bonchev–Trinajstić information content (AvgIpc) is 2.03. The van der Waals surface area contributed by atoms with Crippen molar-refractivity contribution in [1.29, 1.82) is 0 Å². The van der Waals surface area contributed by atoms with Gasteiger partial charge in [0.05, 0.1) is 0 Å². The molecule has 1 aromatic rings. The third-order valence-corrected chi connectivity index (χ3v) is 2.01. The molecule has 12 heavy (non-hydrogen) atoms. The van der Waals surface area contributed by atoms with Crippen molar-refractivity contribution in [3.63, 3.8) is 0 Å². The first kappa shape index (κ1) is 9.74. The summed E-state index contributed by atoms with van der Waals surface area (Å²) < 4.78 is 0. The Labute approximate surface area is 80.7 Å². The highest BCUT2D eigenvalue weighted by atomic mass is 35.5. The molecular formula is C7H9Cl2N3. The summed E-state index contributed by atoms with van der Waals surface area (Å²) in [5.41, 5.74) is 11.7. The van der Waals surface area contributed by atoms with Crippen LogP contribution in [0.15, 0.2) is 12.1 Å². The first-order valence-electron chi connectivity index (χ1n) is 3.42. The van der Waals surface area contributed by atoms with Crippen LogP contribution in [-0.4, -0.2) is 11.5 Å². The summed E-state index contributed by atoms with van der Waals surface area (Å²) in [6.45, 7) is 0.336. The van der Waals surface area contributed by atoms with Crippen LogP contribution >= 0.6 is 23.2 Å². The van der Waals surface area contributed by atoms with Gasteiger partial charge in [0.2, 0.25) is 0 Å². The molecule has 3 nitrogen and oxygen atoms in total. The van der Waals surface area contributed by atoms with E-state index in [1.807, 2.05) is 0 Å². The van der Waals surface area contributed by atoms with Gasteiger partial charge in [0.25, 0.3) is 0 Å². The van der Waals surface area contributed by atoms with Crippen molar-refractivity contribution in [2.24, 2.45) is 11.5 Å². The molecule has 0 saturated heterocycles. The Morgan fingerprint density at radius 3 is 2.58 bits per heavy atom.